The van der Waals surface area contributed by atoms with E-state index in [-0.39, 0.29) is 0 Å². The van der Waals surface area contributed by atoms with Crippen molar-refractivity contribution in [3.8, 4) is 0 Å². The van der Waals surface area contributed by atoms with Crippen molar-refractivity contribution in [3.05, 3.63) is 41.6 Å². The van der Waals surface area contributed by atoms with Gasteiger partial charge in [-0.2, -0.15) is 0 Å². The number of aryl methyl sites for hydroxylation is 1. The van der Waals surface area contributed by atoms with E-state index in [4.69, 9.17) is 4.42 Å². The van der Waals surface area contributed by atoms with Gasteiger partial charge in [-0.3, -0.25) is 4.90 Å². The van der Waals surface area contributed by atoms with Gasteiger partial charge in [0.25, 0.3) is 0 Å². The van der Waals surface area contributed by atoms with Crippen LogP contribution in [0.3, 0.4) is 0 Å². The molecule has 2 bridgehead atoms. The van der Waals surface area contributed by atoms with Gasteiger partial charge in [-0.05, 0) is 63.3 Å². The Kier molecular flexibility index (Phi) is 3.12. The molecule has 3 aliphatic heterocycles. The van der Waals surface area contributed by atoms with E-state index < -0.39 is 0 Å². The number of benzene rings is 1. The molecule has 5 heterocycles. The summed E-state index contributed by atoms with van der Waals surface area (Å²) in [5.41, 5.74) is 4.94. The van der Waals surface area contributed by atoms with Crippen LogP contribution in [0.25, 0.3) is 22.1 Å². The van der Waals surface area contributed by atoms with Gasteiger partial charge < -0.3 is 4.42 Å². The maximum absolute atomic E-state index is 6.32. The Balaban J connectivity index is 1.79. The lowest BCUT2D eigenvalue weighted by Crippen LogP contribution is -2.60. The second kappa shape index (κ2) is 5.07. The fraction of sp³-hybridized carbons (Fsp3) is 0.500. The molecule has 3 heteroatoms. The molecule has 3 aliphatic rings. The van der Waals surface area contributed by atoms with Gasteiger partial charge in [0.15, 0.2) is 0 Å². The molecule has 3 fully saturated rings. The van der Waals surface area contributed by atoms with Crippen molar-refractivity contribution in [1.82, 2.24) is 9.88 Å². The van der Waals surface area contributed by atoms with Crippen LogP contribution in [0.15, 0.2) is 34.9 Å². The molecule has 0 aliphatic carbocycles. The third kappa shape index (κ3) is 1.99. The van der Waals surface area contributed by atoms with Crippen LogP contribution < -0.4 is 0 Å². The first-order chi connectivity index (χ1) is 12.0. The molecule has 3 nitrogen and oxygen atoms in total. The summed E-state index contributed by atoms with van der Waals surface area (Å²) >= 11 is 0. The van der Waals surface area contributed by atoms with E-state index in [1.165, 1.54) is 35.9 Å². The lowest BCUT2D eigenvalue weighted by molar-refractivity contribution is -0.0622. The fourth-order valence-electron chi connectivity index (χ4n) is 5.93. The van der Waals surface area contributed by atoms with Crippen molar-refractivity contribution in [1.29, 1.82) is 0 Å². The minimum Gasteiger partial charge on any atom is -0.437 e. The van der Waals surface area contributed by atoms with E-state index in [0.717, 1.165) is 16.7 Å². The number of aromatic nitrogens is 1. The van der Waals surface area contributed by atoms with E-state index in [0.29, 0.717) is 23.4 Å². The molecule has 2 aromatic heterocycles. The lowest BCUT2D eigenvalue weighted by atomic mass is 9.58. The number of rotatable bonds is 1. The van der Waals surface area contributed by atoms with Crippen molar-refractivity contribution in [2.75, 3.05) is 6.54 Å². The third-order valence-corrected chi connectivity index (χ3v) is 7.01. The molecule has 0 spiro atoms. The smallest absolute Gasteiger partial charge is 0.227 e. The van der Waals surface area contributed by atoms with Crippen molar-refractivity contribution in [2.45, 2.75) is 58.5 Å². The number of nitrogens with zero attached hydrogens (tertiary/aromatic N) is 2. The maximum Gasteiger partial charge on any atom is 0.227 e. The van der Waals surface area contributed by atoms with E-state index in [1.807, 2.05) is 12.3 Å². The highest BCUT2D eigenvalue weighted by molar-refractivity contribution is 6.05. The Morgan fingerprint density at radius 2 is 2.04 bits per heavy atom. The van der Waals surface area contributed by atoms with Gasteiger partial charge in [-0.1, -0.05) is 19.1 Å². The first kappa shape index (κ1) is 15.4. The molecule has 130 valence electrons. The van der Waals surface area contributed by atoms with Crippen LogP contribution in [0.1, 0.15) is 50.7 Å². The van der Waals surface area contributed by atoms with Crippen LogP contribution in [-0.4, -0.2) is 28.5 Å². The molecular weight excluding hydrogens is 308 g/mol. The number of fused-ring (bicyclic) bond motifs is 6. The summed E-state index contributed by atoms with van der Waals surface area (Å²) in [5, 5.41) is 2.34. The quantitative estimate of drug-likeness (QED) is 0.607. The number of hydrogen-bond donors (Lipinski definition) is 0. The van der Waals surface area contributed by atoms with Gasteiger partial charge in [0.05, 0.1) is 0 Å². The Morgan fingerprint density at radius 3 is 2.80 bits per heavy atom. The van der Waals surface area contributed by atoms with Crippen LogP contribution in [0.4, 0.5) is 0 Å². The Bertz CT molecular complexity index is 975. The predicted molar refractivity (Wildman–Crippen MR) is 102 cm³/mol. The fourth-order valence-corrected chi connectivity index (χ4v) is 5.93. The van der Waals surface area contributed by atoms with E-state index in [1.54, 1.807) is 0 Å². The maximum atomic E-state index is 6.32. The Morgan fingerprint density at radius 1 is 1.20 bits per heavy atom. The zero-order chi connectivity index (χ0) is 17.3. The third-order valence-electron chi connectivity index (χ3n) is 7.01. The summed E-state index contributed by atoms with van der Waals surface area (Å²) in [4.78, 5) is 7.16. The molecule has 1 aromatic carbocycles. The molecule has 5 atom stereocenters. The molecule has 0 radical (unpaired) electrons. The van der Waals surface area contributed by atoms with Gasteiger partial charge >= 0.3 is 0 Å². The molecule has 4 unspecified atom stereocenters. The standard InChI is InChI=1S/C22H26N2O/c1-13-7-8-16-17-6-5-10-23-21(17)25-20(16)18(13)19-15(3)24-11-9-22(19,4)12-14(24)2/h5-8,10,14-15,19H,9,11-12H2,1-4H3/t14?,15-,19?,22?/m1/s1. The van der Waals surface area contributed by atoms with Crippen molar-refractivity contribution >= 4 is 22.1 Å². The van der Waals surface area contributed by atoms with E-state index in [2.05, 4.69) is 55.8 Å². The van der Waals surface area contributed by atoms with Gasteiger partial charge in [0.1, 0.15) is 5.58 Å². The second-order valence-corrected chi connectivity index (χ2v) is 8.54. The molecular formula is C22H26N2O. The highest BCUT2D eigenvalue weighted by Gasteiger charge is 2.52. The Hall–Kier alpha value is -1.87. The monoisotopic (exact) mass is 334 g/mol. The van der Waals surface area contributed by atoms with E-state index in [9.17, 15) is 0 Å². The topological polar surface area (TPSA) is 29.3 Å². The first-order valence-corrected chi connectivity index (χ1v) is 9.52. The van der Waals surface area contributed by atoms with Crippen molar-refractivity contribution in [3.63, 3.8) is 0 Å². The SMILES string of the molecule is Cc1ccc2c(oc3ncccc32)c1C1[C@@H](C)N2CCC1(C)CC2C. The summed E-state index contributed by atoms with van der Waals surface area (Å²) in [6.45, 7) is 10.8. The molecule has 3 aromatic rings. The summed E-state index contributed by atoms with van der Waals surface area (Å²) in [6.07, 6.45) is 4.37. The molecule has 6 rings (SSSR count). The number of furan rings is 1. The average Bonchev–Trinajstić information content (AvgIpc) is 2.94. The molecule has 0 saturated carbocycles. The number of piperidine rings is 3. The first-order valence-electron chi connectivity index (χ1n) is 9.52. The van der Waals surface area contributed by atoms with Crippen LogP contribution in [0, 0.1) is 12.3 Å². The van der Waals surface area contributed by atoms with Crippen LogP contribution in [0.2, 0.25) is 0 Å². The van der Waals surface area contributed by atoms with Crippen molar-refractivity contribution < 1.29 is 4.42 Å². The zero-order valence-corrected chi connectivity index (χ0v) is 15.5. The Labute approximate surface area is 149 Å². The minimum atomic E-state index is 0.346. The van der Waals surface area contributed by atoms with Crippen molar-refractivity contribution in [2.24, 2.45) is 5.41 Å². The van der Waals surface area contributed by atoms with Gasteiger partial charge in [-0.25, -0.2) is 4.98 Å². The highest BCUT2D eigenvalue weighted by Crippen LogP contribution is 2.56. The van der Waals surface area contributed by atoms with Crippen LogP contribution in [0.5, 0.6) is 0 Å². The normalized spacial score (nSPS) is 34.9. The summed E-state index contributed by atoms with van der Waals surface area (Å²) in [5.74, 6) is 0.515. The highest BCUT2D eigenvalue weighted by atomic mass is 16.3. The van der Waals surface area contributed by atoms with Gasteiger partial charge in [0, 0.05) is 40.5 Å². The summed E-state index contributed by atoms with van der Waals surface area (Å²) < 4.78 is 6.32. The predicted octanol–water partition coefficient (Wildman–Crippen LogP) is 5.27. The van der Waals surface area contributed by atoms with Gasteiger partial charge in [-0.15, -0.1) is 0 Å². The second-order valence-electron chi connectivity index (χ2n) is 8.54. The zero-order valence-electron chi connectivity index (χ0n) is 15.5. The lowest BCUT2D eigenvalue weighted by Gasteiger charge is -2.59. The molecule has 25 heavy (non-hydrogen) atoms. The van der Waals surface area contributed by atoms with E-state index >= 15 is 0 Å². The minimum absolute atomic E-state index is 0.346. The number of hydrogen-bond acceptors (Lipinski definition) is 3. The molecule has 0 amide bonds. The molecule has 0 N–H and O–H groups in total. The summed E-state index contributed by atoms with van der Waals surface area (Å²) in [7, 11) is 0. The van der Waals surface area contributed by atoms with Gasteiger partial charge in [0.2, 0.25) is 5.71 Å². The average molecular weight is 334 g/mol. The van der Waals surface area contributed by atoms with Crippen LogP contribution in [-0.2, 0) is 0 Å². The van der Waals surface area contributed by atoms with Crippen LogP contribution >= 0.6 is 0 Å². The molecule has 3 saturated heterocycles. The largest absolute Gasteiger partial charge is 0.437 e. The summed E-state index contributed by atoms with van der Waals surface area (Å²) in [6, 6.07) is 9.83. The number of pyridine rings is 1.